The molecule has 0 aliphatic heterocycles. The zero-order valence-electron chi connectivity index (χ0n) is 17.0. The molecule has 0 aliphatic carbocycles. The zero-order valence-corrected chi connectivity index (χ0v) is 17.0. The Morgan fingerprint density at radius 3 is 1.24 bits per heavy atom. The van der Waals surface area contributed by atoms with Gasteiger partial charge in [0.25, 0.3) is 0 Å². The molecule has 0 aromatic heterocycles. The Balaban J connectivity index is 6.03. The first kappa shape index (κ1) is 25.5. The SMILES string of the molecule is CC#CCC(CC#CCC(CC#N)(C(=O)OC)C(=O)OC)(C(=O)OC)C(=O)OC. The van der Waals surface area contributed by atoms with E-state index in [1.165, 1.54) is 6.92 Å². The highest BCUT2D eigenvalue weighted by atomic mass is 16.6. The molecule has 0 heterocycles. The number of carbonyl (C=O) groups excluding carboxylic acids is 4. The Morgan fingerprint density at radius 1 is 0.655 bits per heavy atom. The smallest absolute Gasteiger partial charge is 0.325 e. The molecule has 0 atom stereocenters. The van der Waals surface area contributed by atoms with Crippen LogP contribution in [0.5, 0.6) is 0 Å². The molecule has 0 amide bonds. The number of hydrogen-bond acceptors (Lipinski definition) is 9. The van der Waals surface area contributed by atoms with E-state index in [1.807, 2.05) is 0 Å². The third-order valence-electron chi connectivity index (χ3n) is 4.16. The highest BCUT2D eigenvalue weighted by Crippen LogP contribution is 2.32. The van der Waals surface area contributed by atoms with Gasteiger partial charge in [0, 0.05) is 19.3 Å². The third-order valence-corrected chi connectivity index (χ3v) is 4.16. The zero-order chi connectivity index (χ0) is 22.5. The molecule has 9 nitrogen and oxygen atoms in total. The maximum atomic E-state index is 12.3. The van der Waals surface area contributed by atoms with Crippen molar-refractivity contribution in [3.63, 3.8) is 0 Å². The molecule has 0 aliphatic rings. The van der Waals surface area contributed by atoms with Crippen LogP contribution < -0.4 is 0 Å². The molecule has 0 N–H and O–H groups in total. The van der Waals surface area contributed by atoms with Gasteiger partial charge in [-0.25, -0.2) is 0 Å². The highest BCUT2D eigenvalue weighted by Gasteiger charge is 2.49. The molecule has 0 saturated carbocycles. The van der Waals surface area contributed by atoms with Crippen LogP contribution in [-0.2, 0) is 38.1 Å². The normalized spacial score (nSPS) is 10.1. The first-order valence-corrected chi connectivity index (χ1v) is 8.32. The summed E-state index contributed by atoms with van der Waals surface area (Å²) in [5.41, 5.74) is -3.75. The van der Waals surface area contributed by atoms with Crippen molar-refractivity contribution in [1.82, 2.24) is 0 Å². The summed E-state index contributed by atoms with van der Waals surface area (Å²) in [4.78, 5) is 48.9. The Labute approximate surface area is 169 Å². The number of nitriles is 1. The Hall–Kier alpha value is -3.51. The highest BCUT2D eigenvalue weighted by molar-refractivity contribution is 6.01. The number of esters is 4. The maximum absolute atomic E-state index is 12.3. The summed E-state index contributed by atoms with van der Waals surface area (Å²) in [6.45, 7) is 1.54. The van der Waals surface area contributed by atoms with Gasteiger partial charge in [-0.05, 0) is 6.92 Å². The Morgan fingerprint density at radius 2 is 0.966 bits per heavy atom. The minimum atomic E-state index is -1.95. The van der Waals surface area contributed by atoms with Crippen LogP contribution in [-0.4, -0.2) is 52.3 Å². The minimum absolute atomic E-state index is 0.200. The van der Waals surface area contributed by atoms with Gasteiger partial charge in [-0.3, -0.25) is 19.2 Å². The molecule has 29 heavy (non-hydrogen) atoms. The van der Waals surface area contributed by atoms with Gasteiger partial charge in [0.2, 0.25) is 0 Å². The van der Waals surface area contributed by atoms with Crippen LogP contribution in [0.15, 0.2) is 0 Å². The fourth-order valence-electron chi connectivity index (χ4n) is 2.45. The first-order chi connectivity index (χ1) is 13.8. The van der Waals surface area contributed by atoms with Crippen LogP contribution in [0, 0.1) is 45.8 Å². The van der Waals surface area contributed by atoms with Crippen LogP contribution in [0.1, 0.15) is 32.6 Å². The quantitative estimate of drug-likeness (QED) is 0.249. The van der Waals surface area contributed by atoms with Crippen LogP contribution in [0.2, 0.25) is 0 Å². The van der Waals surface area contributed by atoms with Gasteiger partial charge in [-0.15, -0.1) is 23.7 Å². The van der Waals surface area contributed by atoms with E-state index < -0.39 is 47.5 Å². The predicted molar refractivity (Wildman–Crippen MR) is 98.2 cm³/mol. The second kappa shape index (κ2) is 12.0. The summed E-state index contributed by atoms with van der Waals surface area (Å²) in [5, 5.41) is 9.03. The topological polar surface area (TPSA) is 129 Å². The molecule has 0 bridgehead atoms. The van der Waals surface area contributed by atoms with Gasteiger partial charge in [0.15, 0.2) is 10.8 Å². The molecule has 0 fully saturated rings. The van der Waals surface area contributed by atoms with Gasteiger partial charge in [-0.2, -0.15) is 5.26 Å². The molecule has 0 saturated heterocycles. The number of ether oxygens (including phenoxy) is 4. The van der Waals surface area contributed by atoms with E-state index in [2.05, 4.69) is 33.2 Å². The van der Waals surface area contributed by atoms with E-state index in [4.69, 9.17) is 14.7 Å². The van der Waals surface area contributed by atoms with Crippen LogP contribution in [0.3, 0.4) is 0 Å². The number of hydrogen-bond donors (Lipinski definition) is 0. The fourth-order valence-corrected chi connectivity index (χ4v) is 2.45. The van der Waals surface area contributed by atoms with Gasteiger partial charge >= 0.3 is 23.9 Å². The summed E-state index contributed by atoms with van der Waals surface area (Å²) in [6, 6.07) is 1.74. The summed E-state index contributed by atoms with van der Waals surface area (Å²) < 4.78 is 18.7. The van der Waals surface area contributed by atoms with Gasteiger partial charge < -0.3 is 18.9 Å². The average molecular weight is 405 g/mol. The molecule has 0 rings (SSSR count). The van der Waals surface area contributed by atoms with E-state index in [0.717, 1.165) is 28.4 Å². The van der Waals surface area contributed by atoms with E-state index in [-0.39, 0.29) is 12.8 Å². The van der Waals surface area contributed by atoms with E-state index in [0.29, 0.717) is 0 Å². The molecule has 156 valence electrons. The number of methoxy groups -OCH3 is 4. The van der Waals surface area contributed by atoms with E-state index in [9.17, 15) is 19.2 Å². The van der Waals surface area contributed by atoms with Crippen molar-refractivity contribution in [2.45, 2.75) is 32.6 Å². The first-order valence-electron chi connectivity index (χ1n) is 8.32. The van der Waals surface area contributed by atoms with Crippen LogP contribution in [0.25, 0.3) is 0 Å². The predicted octanol–water partition coefficient (Wildman–Crippen LogP) is 0.762. The summed E-state index contributed by atoms with van der Waals surface area (Å²) in [6.07, 6.45) is -1.49. The lowest BCUT2D eigenvalue weighted by atomic mass is 9.80. The van der Waals surface area contributed by atoms with Crippen LogP contribution in [0.4, 0.5) is 0 Å². The largest absolute Gasteiger partial charge is 0.468 e. The lowest BCUT2D eigenvalue weighted by molar-refractivity contribution is -0.170. The molecular formula is C20H23NO8. The Bertz CT molecular complexity index is 768. The number of nitrogens with zero attached hydrogens (tertiary/aromatic N) is 1. The third kappa shape index (κ3) is 5.73. The van der Waals surface area contributed by atoms with Crippen molar-refractivity contribution in [3.8, 4) is 29.8 Å². The van der Waals surface area contributed by atoms with Crippen molar-refractivity contribution in [2.24, 2.45) is 10.8 Å². The number of rotatable bonds is 8. The lowest BCUT2D eigenvalue weighted by Crippen LogP contribution is -2.41. The van der Waals surface area contributed by atoms with E-state index in [1.54, 1.807) is 6.07 Å². The summed E-state index contributed by atoms with van der Waals surface area (Å²) in [5.74, 6) is 6.65. The van der Waals surface area contributed by atoms with Crippen LogP contribution >= 0.6 is 0 Å². The number of carbonyl (C=O) groups is 4. The van der Waals surface area contributed by atoms with Crippen molar-refractivity contribution >= 4 is 23.9 Å². The van der Waals surface area contributed by atoms with Crippen molar-refractivity contribution in [1.29, 1.82) is 5.26 Å². The van der Waals surface area contributed by atoms with Crippen molar-refractivity contribution in [2.75, 3.05) is 28.4 Å². The molecule has 0 aromatic carbocycles. The van der Waals surface area contributed by atoms with E-state index >= 15 is 0 Å². The van der Waals surface area contributed by atoms with Gasteiger partial charge in [0.1, 0.15) is 0 Å². The Kier molecular flexibility index (Phi) is 10.6. The average Bonchev–Trinajstić information content (AvgIpc) is 2.75. The lowest BCUT2D eigenvalue weighted by Gasteiger charge is -2.24. The molecule has 0 spiro atoms. The molecule has 0 radical (unpaired) electrons. The molecule has 9 heteroatoms. The maximum Gasteiger partial charge on any atom is 0.325 e. The summed E-state index contributed by atoms with van der Waals surface area (Å²) in [7, 11) is 4.35. The van der Waals surface area contributed by atoms with Crippen molar-refractivity contribution < 1.29 is 38.1 Å². The molecule has 0 aromatic rings. The second-order valence-electron chi connectivity index (χ2n) is 5.78. The van der Waals surface area contributed by atoms with Crippen molar-refractivity contribution in [3.05, 3.63) is 0 Å². The second-order valence-corrected chi connectivity index (χ2v) is 5.78. The van der Waals surface area contributed by atoms with Gasteiger partial charge in [-0.1, -0.05) is 0 Å². The minimum Gasteiger partial charge on any atom is -0.468 e. The molecule has 0 unspecified atom stereocenters. The standard InChI is InChI=1S/C20H23NO8/c1-6-7-10-19(15(22)26-2,16(23)27-3)11-8-9-12-20(13-14-21,17(24)28-4)18(25)29-5/h10-13H2,1-5H3. The monoisotopic (exact) mass is 405 g/mol. The fraction of sp³-hybridized carbons (Fsp3) is 0.550. The molecular weight excluding hydrogens is 382 g/mol. The van der Waals surface area contributed by atoms with Gasteiger partial charge in [0.05, 0.1) is 40.9 Å². The summed E-state index contributed by atoms with van der Waals surface area (Å²) >= 11 is 0.